The fourth-order valence-corrected chi connectivity index (χ4v) is 2.77. The topological polar surface area (TPSA) is 58.3 Å². The van der Waals surface area contributed by atoms with Crippen molar-refractivity contribution in [3.05, 3.63) is 11.9 Å². The molecule has 0 radical (unpaired) electrons. The minimum atomic E-state index is 0.298. The van der Waals surface area contributed by atoms with Crippen LogP contribution in [-0.4, -0.2) is 47.6 Å². The van der Waals surface area contributed by atoms with Crippen molar-refractivity contribution in [1.29, 1.82) is 0 Å². The molecule has 2 heterocycles. The Morgan fingerprint density at radius 1 is 1.35 bits per heavy atom. The summed E-state index contributed by atoms with van der Waals surface area (Å²) in [5.41, 5.74) is 5.97. The molecule has 0 aliphatic carbocycles. The summed E-state index contributed by atoms with van der Waals surface area (Å²) in [6, 6.07) is 2.41. The first kappa shape index (κ1) is 15.0. The van der Waals surface area contributed by atoms with E-state index < -0.39 is 0 Å². The number of nitrogens with two attached hydrogens (primary N) is 1. The van der Waals surface area contributed by atoms with Gasteiger partial charge in [0.15, 0.2) is 0 Å². The summed E-state index contributed by atoms with van der Waals surface area (Å²) in [6.07, 6.45) is 2.28. The highest BCUT2D eigenvalue weighted by Gasteiger charge is 2.24. The van der Waals surface area contributed by atoms with E-state index >= 15 is 0 Å². The van der Waals surface area contributed by atoms with E-state index in [0.717, 1.165) is 44.1 Å². The van der Waals surface area contributed by atoms with Crippen LogP contribution in [0.2, 0.25) is 0 Å². The number of hydrogen-bond donors (Lipinski definition) is 1. The van der Waals surface area contributed by atoms with E-state index in [0.29, 0.717) is 17.8 Å². The summed E-state index contributed by atoms with van der Waals surface area (Å²) in [7, 11) is 2.19. The van der Waals surface area contributed by atoms with Crippen LogP contribution in [0.1, 0.15) is 45.4 Å². The molecular weight excluding hydrogens is 250 g/mol. The highest BCUT2D eigenvalue weighted by Crippen LogP contribution is 2.23. The molecule has 1 aliphatic heterocycles. The normalized spacial score (nSPS) is 21.2. The highest BCUT2D eigenvalue weighted by atomic mass is 15.3. The molecule has 1 aliphatic rings. The second-order valence-corrected chi connectivity index (χ2v) is 6.04. The van der Waals surface area contributed by atoms with Crippen LogP contribution in [0.5, 0.6) is 0 Å². The second-order valence-electron chi connectivity index (χ2n) is 6.04. The van der Waals surface area contributed by atoms with Crippen LogP contribution in [0.25, 0.3) is 0 Å². The van der Waals surface area contributed by atoms with E-state index in [1.165, 1.54) is 0 Å². The Hall–Kier alpha value is -1.36. The molecule has 1 fully saturated rings. The molecule has 0 bridgehead atoms. The van der Waals surface area contributed by atoms with Gasteiger partial charge in [-0.1, -0.05) is 20.8 Å². The van der Waals surface area contributed by atoms with Crippen molar-refractivity contribution in [3.8, 4) is 0 Å². The Kier molecular flexibility index (Phi) is 4.81. The van der Waals surface area contributed by atoms with Crippen LogP contribution in [-0.2, 0) is 0 Å². The molecule has 1 saturated heterocycles. The SMILES string of the molecule is CCC1CN(C)CCCN1c1cc(N)nc(C(C)C)n1. The van der Waals surface area contributed by atoms with E-state index in [1.54, 1.807) is 0 Å². The molecule has 20 heavy (non-hydrogen) atoms. The maximum atomic E-state index is 5.97. The summed E-state index contributed by atoms with van der Waals surface area (Å²) in [5.74, 6) is 2.70. The minimum absolute atomic E-state index is 0.298. The standard InChI is InChI=1S/C15H27N5/c1-5-12-10-19(4)7-6-8-20(12)14-9-13(16)17-15(18-14)11(2)3/h9,11-12H,5-8,10H2,1-4H3,(H2,16,17,18). The lowest BCUT2D eigenvalue weighted by Crippen LogP contribution is -2.40. The second kappa shape index (κ2) is 6.39. The van der Waals surface area contributed by atoms with Crippen molar-refractivity contribution in [2.75, 3.05) is 37.3 Å². The first-order valence-corrected chi connectivity index (χ1v) is 7.61. The molecule has 112 valence electrons. The molecule has 5 nitrogen and oxygen atoms in total. The Morgan fingerprint density at radius 3 is 2.75 bits per heavy atom. The molecular formula is C15H27N5. The zero-order chi connectivity index (χ0) is 14.7. The Morgan fingerprint density at radius 2 is 2.10 bits per heavy atom. The van der Waals surface area contributed by atoms with Gasteiger partial charge in [0.1, 0.15) is 17.5 Å². The van der Waals surface area contributed by atoms with Gasteiger partial charge >= 0.3 is 0 Å². The number of hydrogen-bond acceptors (Lipinski definition) is 5. The Labute approximate surface area is 122 Å². The molecule has 2 N–H and O–H groups in total. The fourth-order valence-electron chi connectivity index (χ4n) is 2.77. The first-order chi connectivity index (χ1) is 9.51. The Balaban J connectivity index is 2.32. The molecule has 1 aromatic heterocycles. The van der Waals surface area contributed by atoms with Gasteiger partial charge in [-0.15, -0.1) is 0 Å². The van der Waals surface area contributed by atoms with E-state index in [2.05, 4.69) is 42.6 Å². The number of likely N-dealkylation sites (N-methyl/N-ethyl adjacent to an activating group) is 1. The van der Waals surface area contributed by atoms with Gasteiger partial charge in [0.25, 0.3) is 0 Å². The number of rotatable bonds is 3. The monoisotopic (exact) mass is 277 g/mol. The predicted octanol–water partition coefficient (Wildman–Crippen LogP) is 2.10. The molecule has 0 amide bonds. The third kappa shape index (κ3) is 3.39. The van der Waals surface area contributed by atoms with Crippen molar-refractivity contribution in [1.82, 2.24) is 14.9 Å². The van der Waals surface area contributed by atoms with Crippen LogP contribution in [0, 0.1) is 0 Å². The molecule has 5 heteroatoms. The lowest BCUT2D eigenvalue weighted by atomic mass is 10.1. The average molecular weight is 277 g/mol. The van der Waals surface area contributed by atoms with Gasteiger partial charge in [0, 0.05) is 31.1 Å². The van der Waals surface area contributed by atoms with Crippen LogP contribution in [0.4, 0.5) is 11.6 Å². The van der Waals surface area contributed by atoms with Crippen molar-refractivity contribution in [2.24, 2.45) is 0 Å². The fraction of sp³-hybridized carbons (Fsp3) is 0.733. The lowest BCUT2D eigenvalue weighted by molar-refractivity contribution is 0.327. The van der Waals surface area contributed by atoms with Gasteiger partial charge in [-0.3, -0.25) is 0 Å². The van der Waals surface area contributed by atoms with Gasteiger partial charge < -0.3 is 15.5 Å². The number of nitrogens with zero attached hydrogens (tertiary/aromatic N) is 4. The third-order valence-electron chi connectivity index (χ3n) is 3.93. The minimum Gasteiger partial charge on any atom is -0.384 e. The van der Waals surface area contributed by atoms with E-state index in [9.17, 15) is 0 Å². The molecule has 0 aromatic carbocycles. The number of nitrogen functional groups attached to an aromatic ring is 1. The number of aromatic nitrogens is 2. The van der Waals surface area contributed by atoms with Gasteiger partial charge in [0.05, 0.1) is 0 Å². The maximum Gasteiger partial charge on any atom is 0.135 e. The summed E-state index contributed by atoms with van der Waals surface area (Å²) >= 11 is 0. The van der Waals surface area contributed by atoms with Crippen molar-refractivity contribution in [2.45, 2.75) is 45.6 Å². The van der Waals surface area contributed by atoms with E-state index in [1.807, 2.05) is 6.07 Å². The lowest BCUT2D eigenvalue weighted by Gasteiger charge is -2.31. The molecule has 1 atom stereocenters. The van der Waals surface area contributed by atoms with Crippen molar-refractivity contribution < 1.29 is 0 Å². The molecule has 1 aromatic rings. The van der Waals surface area contributed by atoms with Crippen LogP contribution >= 0.6 is 0 Å². The van der Waals surface area contributed by atoms with Crippen LogP contribution in [0.3, 0.4) is 0 Å². The number of anilines is 2. The zero-order valence-electron chi connectivity index (χ0n) is 13.1. The molecule has 1 unspecified atom stereocenters. The first-order valence-electron chi connectivity index (χ1n) is 7.61. The quantitative estimate of drug-likeness (QED) is 0.917. The maximum absolute atomic E-state index is 5.97. The van der Waals surface area contributed by atoms with Crippen molar-refractivity contribution in [3.63, 3.8) is 0 Å². The average Bonchev–Trinajstić information content (AvgIpc) is 2.59. The van der Waals surface area contributed by atoms with Crippen molar-refractivity contribution >= 4 is 11.6 Å². The van der Waals surface area contributed by atoms with Crippen LogP contribution < -0.4 is 10.6 Å². The third-order valence-corrected chi connectivity index (χ3v) is 3.93. The van der Waals surface area contributed by atoms with E-state index in [-0.39, 0.29) is 0 Å². The summed E-state index contributed by atoms with van der Waals surface area (Å²) < 4.78 is 0. The zero-order valence-corrected chi connectivity index (χ0v) is 13.1. The Bertz CT molecular complexity index is 446. The van der Waals surface area contributed by atoms with Crippen LogP contribution in [0.15, 0.2) is 6.07 Å². The largest absolute Gasteiger partial charge is 0.384 e. The van der Waals surface area contributed by atoms with Gasteiger partial charge in [-0.05, 0) is 26.4 Å². The predicted molar refractivity (Wildman–Crippen MR) is 84.1 cm³/mol. The van der Waals surface area contributed by atoms with E-state index in [4.69, 9.17) is 10.7 Å². The molecule has 0 saturated carbocycles. The summed E-state index contributed by atoms with van der Waals surface area (Å²) in [6.45, 7) is 9.71. The molecule has 2 rings (SSSR count). The highest BCUT2D eigenvalue weighted by molar-refractivity contribution is 5.48. The smallest absolute Gasteiger partial charge is 0.135 e. The summed E-state index contributed by atoms with van der Waals surface area (Å²) in [4.78, 5) is 13.9. The summed E-state index contributed by atoms with van der Waals surface area (Å²) in [5, 5.41) is 0. The van der Waals surface area contributed by atoms with Gasteiger partial charge in [-0.2, -0.15) is 0 Å². The van der Waals surface area contributed by atoms with Gasteiger partial charge in [-0.25, -0.2) is 9.97 Å². The molecule has 0 spiro atoms. The van der Waals surface area contributed by atoms with Gasteiger partial charge in [0.2, 0.25) is 0 Å².